The van der Waals surface area contributed by atoms with Gasteiger partial charge >= 0.3 is 5.97 Å². The molecule has 4 atom stereocenters. The molecule has 0 radical (unpaired) electrons. The maximum atomic E-state index is 12.8. The van der Waals surface area contributed by atoms with E-state index in [-0.39, 0.29) is 22.5 Å². The SMILES string of the molecule is CC(C)(CO)CCCC1CC=C(CCCC2=CCC(CCCC(C)(C)C(=O)O)S2=O)S1=O. The Labute approximate surface area is 199 Å². The lowest BCUT2D eigenvalue weighted by molar-refractivity contribution is -0.147. The number of carboxylic acid groups (broad SMARTS) is 1. The van der Waals surface area contributed by atoms with E-state index in [4.69, 9.17) is 0 Å². The molecule has 32 heavy (non-hydrogen) atoms. The Balaban J connectivity index is 1.67. The monoisotopic (exact) mass is 486 g/mol. The Morgan fingerprint density at radius 3 is 1.81 bits per heavy atom. The number of carbonyl (C=O) groups is 1. The molecule has 2 aliphatic heterocycles. The molecule has 5 nitrogen and oxygen atoms in total. The van der Waals surface area contributed by atoms with E-state index in [0.717, 1.165) is 74.0 Å². The largest absolute Gasteiger partial charge is 0.481 e. The van der Waals surface area contributed by atoms with Gasteiger partial charge in [0.25, 0.3) is 0 Å². The molecule has 0 aromatic rings. The van der Waals surface area contributed by atoms with Crippen molar-refractivity contribution in [3.05, 3.63) is 22.0 Å². The summed E-state index contributed by atoms with van der Waals surface area (Å²) in [6, 6.07) is 0. The first-order valence-corrected chi connectivity index (χ1v) is 14.4. The molecule has 184 valence electrons. The second-order valence-corrected chi connectivity index (χ2v) is 14.4. The average molecular weight is 487 g/mol. The van der Waals surface area contributed by atoms with E-state index in [1.165, 1.54) is 0 Å². The van der Waals surface area contributed by atoms with Gasteiger partial charge in [0.2, 0.25) is 0 Å². The number of rotatable bonds is 14. The summed E-state index contributed by atoms with van der Waals surface area (Å²) in [5.41, 5.74) is -0.792. The maximum absolute atomic E-state index is 12.8. The summed E-state index contributed by atoms with van der Waals surface area (Å²) >= 11 is 0. The van der Waals surface area contributed by atoms with Gasteiger partial charge in [0.05, 0.1) is 27.0 Å². The third-order valence-electron chi connectivity index (χ3n) is 6.90. The molecule has 0 saturated carbocycles. The van der Waals surface area contributed by atoms with Crippen LogP contribution in [0.4, 0.5) is 0 Å². The van der Waals surface area contributed by atoms with Crippen molar-refractivity contribution in [3.63, 3.8) is 0 Å². The minimum atomic E-state index is -0.972. The molecule has 0 bridgehead atoms. The highest BCUT2D eigenvalue weighted by molar-refractivity contribution is 7.90. The lowest BCUT2D eigenvalue weighted by Crippen LogP contribution is -2.24. The van der Waals surface area contributed by atoms with Crippen LogP contribution in [0.5, 0.6) is 0 Å². The van der Waals surface area contributed by atoms with E-state index in [1.54, 1.807) is 13.8 Å². The highest BCUT2D eigenvalue weighted by atomic mass is 32.2. The third-order valence-corrected chi connectivity index (χ3v) is 10.7. The van der Waals surface area contributed by atoms with Crippen LogP contribution < -0.4 is 0 Å². The van der Waals surface area contributed by atoms with E-state index in [2.05, 4.69) is 26.0 Å². The molecule has 2 rings (SSSR count). The van der Waals surface area contributed by atoms with Gasteiger partial charge in [-0.1, -0.05) is 38.8 Å². The van der Waals surface area contributed by atoms with Crippen LogP contribution in [0.2, 0.25) is 0 Å². The second kappa shape index (κ2) is 12.1. The Bertz CT molecular complexity index is 766. The lowest BCUT2D eigenvalue weighted by Gasteiger charge is -2.22. The zero-order valence-electron chi connectivity index (χ0n) is 20.2. The fraction of sp³-hybridized carbons (Fsp3) is 0.800. The van der Waals surface area contributed by atoms with E-state index >= 15 is 0 Å². The number of aliphatic carboxylic acids is 1. The molecule has 0 aromatic heterocycles. The molecule has 0 aliphatic carbocycles. The van der Waals surface area contributed by atoms with E-state index in [0.29, 0.717) is 6.42 Å². The summed E-state index contributed by atoms with van der Waals surface area (Å²) in [4.78, 5) is 13.3. The van der Waals surface area contributed by atoms with Crippen LogP contribution in [-0.4, -0.2) is 41.7 Å². The molecule has 2 aliphatic rings. The van der Waals surface area contributed by atoms with Gasteiger partial charge in [-0.3, -0.25) is 13.2 Å². The summed E-state index contributed by atoms with van der Waals surface area (Å²) < 4.78 is 25.6. The zero-order valence-corrected chi connectivity index (χ0v) is 21.9. The van der Waals surface area contributed by atoms with Crippen LogP contribution in [-0.2, 0) is 26.4 Å². The summed E-state index contributed by atoms with van der Waals surface area (Å²) in [5.74, 6) is -0.779. The van der Waals surface area contributed by atoms with Crippen molar-refractivity contribution in [2.75, 3.05) is 6.61 Å². The van der Waals surface area contributed by atoms with Crippen molar-refractivity contribution in [2.45, 2.75) is 109 Å². The van der Waals surface area contributed by atoms with Crippen molar-refractivity contribution < 1.29 is 23.4 Å². The fourth-order valence-electron chi connectivity index (χ4n) is 4.35. The number of aliphatic hydroxyl groups is 1. The van der Waals surface area contributed by atoms with Crippen molar-refractivity contribution in [1.29, 1.82) is 0 Å². The molecule has 0 spiro atoms. The topological polar surface area (TPSA) is 91.7 Å². The van der Waals surface area contributed by atoms with Gasteiger partial charge in [0.1, 0.15) is 0 Å². The van der Waals surface area contributed by atoms with Gasteiger partial charge in [-0.25, -0.2) is 0 Å². The minimum absolute atomic E-state index is 0.0642. The van der Waals surface area contributed by atoms with Crippen LogP contribution in [0.3, 0.4) is 0 Å². The average Bonchev–Trinajstić information content (AvgIpc) is 3.25. The number of allylic oxidation sites excluding steroid dienone is 4. The molecule has 0 amide bonds. The Hall–Kier alpha value is -0.790. The van der Waals surface area contributed by atoms with Crippen molar-refractivity contribution in [1.82, 2.24) is 0 Å². The van der Waals surface area contributed by atoms with Gasteiger partial charge in [-0.05, 0) is 77.0 Å². The van der Waals surface area contributed by atoms with Gasteiger partial charge in [0, 0.05) is 26.9 Å². The summed E-state index contributed by atoms with van der Waals surface area (Å²) in [7, 11) is -1.88. The summed E-state index contributed by atoms with van der Waals surface area (Å²) in [6.07, 6.45) is 13.5. The smallest absolute Gasteiger partial charge is 0.309 e. The molecule has 0 fully saturated rings. The highest BCUT2D eigenvalue weighted by Crippen LogP contribution is 2.34. The van der Waals surface area contributed by atoms with E-state index in [1.807, 2.05) is 0 Å². The normalized spacial score (nSPS) is 26.3. The molecule has 2 N–H and O–H groups in total. The first-order chi connectivity index (χ1) is 15.0. The van der Waals surface area contributed by atoms with E-state index in [9.17, 15) is 23.4 Å². The van der Waals surface area contributed by atoms with Crippen molar-refractivity contribution in [2.24, 2.45) is 10.8 Å². The molecule has 7 heteroatoms. The second-order valence-electron chi connectivity index (χ2n) is 10.8. The molecule has 2 heterocycles. The van der Waals surface area contributed by atoms with Crippen molar-refractivity contribution in [3.8, 4) is 0 Å². The quantitative estimate of drug-likeness (QED) is 0.341. The van der Waals surface area contributed by atoms with Crippen LogP contribution in [0.15, 0.2) is 22.0 Å². The Morgan fingerprint density at radius 1 is 0.906 bits per heavy atom. The predicted octanol–water partition coefficient (Wildman–Crippen LogP) is 5.44. The van der Waals surface area contributed by atoms with Gasteiger partial charge < -0.3 is 10.2 Å². The maximum Gasteiger partial charge on any atom is 0.309 e. The van der Waals surface area contributed by atoms with Crippen LogP contribution in [0, 0.1) is 10.8 Å². The molecule has 0 saturated heterocycles. The van der Waals surface area contributed by atoms with Gasteiger partial charge in [-0.2, -0.15) is 0 Å². The Morgan fingerprint density at radius 2 is 1.38 bits per heavy atom. The van der Waals surface area contributed by atoms with Crippen LogP contribution in [0.25, 0.3) is 0 Å². The summed E-state index contributed by atoms with van der Waals surface area (Å²) in [5, 5.41) is 18.9. The first kappa shape index (κ1) is 27.5. The highest BCUT2D eigenvalue weighted by Gasteiger charge is 2.30. The van der Waals surface area contributed by atoms with Gasteiger partial charge in [0.15, 0.2) is 0 Å². The molecule has 0 aromatic carbocycles. The Kier molecular flexibility index (Phi) is 10.4. The minimum Gasteiger partial charge on any atom is -0.481 e. The number of hydrogen-bond acceptors (Lipinski definition) is 4. The van der Waals surface area contributed by atoms with Crippen molar-refractivity contribution >= 4 is 27.6 Å². The van der Waals surface area contributed by atoms with E-state index < -0.39 is 33.0 Å². The van der Waals surface area contributed by atoms with Gasteiger partial charge in [-0.15, -0.1) is 0 Å². The zero-order chi connectivity index (χ0) is 23.9. The molecular weight excluding hydrogens is 444 g/mol. The fourth-order valence-corrected chi connectivity index (χ4v) is 7.72. The number of hydrogen-bond donors (Lipinski definition) is 2. The standard InChI is InChI=1S/C25H42O5S2/c1-24(2,18-26)16-6-10-21-14-12-19(31(21)29)8-5-9-20-13-15-22(32(20)30)11-7-17-25(3,4)23(27)28/h12-13,21-22,26H,5-11,14-18H2,1-4H3,(H,27,28). The number of aliphatic hydroxyl groups excluding tert-OH is 1. The molecule has 4 unspecified atom stereocenters. The number of carboxylic acids is 1. The first-order valence-electron chi connectivity index (χ1n) is 12.0. The molecular formula is C25H42O5S2. The van der Waals surface area contributed by atoms with Crippen LogP contribution >= 0.6 is 0 Å². The van der Waals surface area contributed by atoms with Crippen LogP contribution in [0.1, 0.15) is 98.3 Å². The lowest BCUT2D eigenvalue weighted by atomic mass is 9.87. The third kappa shape index (κ3) is 7.91. The predicted molar refractivity (Wildman–Crippen MR) is 133 cm³/mol. The summed E-state index contributed by atoms with van der Waals surface area (Å²) in [6.45, 7) is 7.79.